The highest BCUT2D eigenvalue weighted by atomic mass is 28.4. The van der Waals surface area contributed by atoms with Gasteiger partial charge in [0.05, 0.1) is 25.4 Å². The lowest BCUT2D eigenvalue weighted by molar-refractivity contribution is -0.113. The topological polar surface area (TPSA) is 44.8 Å². The van der Waals surface area contributed by atoms with E-state index in [1.165, 1.54) is 0 Å². The van der Waals surface area contributed by atoms with E-state index in [4.69, 9.17) is 13.9 Å². The van der Waals surface area contributed by atoms with Crippen molar-refractivity contribution < 1.29 is 18.7 Å². The predicted molar refractivity (Wildman–Crippen MR) is 156 cm³/mol. The van der Waals surface area contributed by atoms with E-state index in [0.717, 1.165) is 16.7 Å². The lowest BCUT2D eigenvalue weighted by Gasteiger charge is -2.40. The quantitative estimate of drug-likeness (QED) is 0.143. The third-order valence-corrected chi connectivity index (χ3v) is 11.7. The Hall–Kier alpha value is -2.31. The molecule has 0 saturated heterocycles. The molecule has 0 fully saturated rings. The zero-order valence-corrected chi connectivity index (χ0v) is 25.0. The van der Waals surface area contributed by atoms with Gasteiger partial charge in [0, 0.05) is 6.42 Å². The fourth-order valence-electron chi connectivity index (χ4n) is 3.56. The van der Waals surface area contributed by atoms with E-state index in [2.05, 4.69) is 52.6 Å². The van der Waals surface area contributed by atoms with Crippen LogP contribution < -0.4 is 0 Å². The normalized spacial score (nSPS) is 15.2. The Labute approximate surface area is 225 Å². The van der Waals surface area contributed by atoms with Crippen LogP contribution in [0.2, 0.25) is 18.1 Å². The number of benzene rings is 2. The molecule has 0 aromatic heterocycles. The van der Waals surface area contributed by atoms with Crippen LogP contribution in [0, 0.1) is 0 Å². The number of hydrogen-bond acceptors (Lipinski definition) is 4. The number of Topliss-reactive ketones (excluding diaryl/α,β-unsaturated/α-hetero) is 1. The second-order valence-electron chi connectivity index (χ2n) is 11.5. The third-order valence-electron chi connectivity index (χ3n) is 7.17. The molecular weight excluding hydrogens is 476 g/mol. The number of ketones is 1. The first-order chi connectivity index (χ1) is 17.3. The molecule has 202 valence electrons. The maximum absolute atomic E-state index is 12.2. The van der Waals surface area contributed by atoms with Crippen LogP contribution in [0.1, 0.15) is 59.1 Å². The number of carbonyl (C=O) groups excluding carboxylic acids is 1. The Balaban J connectivity index is 2.40. The maximum Gasteiger partial charge on any atom is 0.192 e. The van der Waals surface area contributed by atoms with Gasteiger partial charge in [-0.3, -0.25) is 4.79 Å². The van der Waals surface area contributed by atoms with Gasteiger partial charge in [-0.2, -0.15) is 0 Å². The van der Waals surface area contributed by atoms with E-state index >= 15 is 0 Å². The number of rotatable bonds is 14. The summed E-state index contributed by atoms with van der Waals surface area (Å²) in [4.78, 5) is 12.2. The summed E-state index contributed by atoms with van der Waals surface area (Å²) in [6.07, 6.45) is 1.52. The van der Waals surface area contributed by atoms with Gasteiger partial charge in [-0.1, -0.05) is 93.6 Å². The van der Waals surface area contributed by atoms with Crippen molar-refractivity contribution in [2.45, 2.75) is 97.6 Å². The minimum atomic E-state index is -2.07. The van der Waals surface area contributed by atoms with Gasteiger partial charge in [0.1, 0.15) is 6.10 Å². The number of allylic oxidation sites excluding steroid dienone is 1. The molecule has 37 heavy (non-hydrogen) atoms. The van der Waals surface area contributed by atoms with Crippen molar-refractivity contribution in [2.24, 2.45) is 0 Å². The summed E-state index contributed by atoms with van der Waals surface area (Å²) < 4.78 is 19.8. The zero-order chi connectivity index (χ0) is 27.6. The Morgan fingerprint density at radius 3 is 1.81 bits per heavy atom. The van der Waals surface area contributed by atoms with Crippen molar-refractivity contribution in [3.05, 3.63) is 95.6 Å². The highest BCUT2D eigenvalue weighted by Gasteiger charge is 2.40. The molecule has 3 atom stereocenters. The largest absolute Gasteiger partial charge is 0.410 e. The minimum Gasteiger partial charge on any atom is -0.410 e. The summed E-state index contributed by atoms with van der Waals surface area (Å²) in [5, 5.41) is 0.0649. The van der Waals surface area contributed by atoms with E-state index in [0.29, 0.717) is 25.2 Å². The molecule has 2 aromatic rings. The van der Waals surface area contributed by atoms with Gasteiger partial charge in [0.2, 0.25) is 0 Å². The predicted octanol–water partition coefficient (Wildman–Crippen LogP) is 8.05. The molecule has 0 spiro atoms. The van der Waals surface area contributed by atoms with Crippen molar-refractivity contribution >= 4 is 14.1 Å². The molecule has 0 aliphatic heterocycles. The van der Waals surface area contributed by atoms with Crippen molar-refractivity contribution in [2.75, 3.05) is 0 Å². The van der Waals surface area contributed by atoms with Gasteiger partial charge in [0.25, 0.3) is 0 Å². The minimum absolute atomic E-state index is 0.0177. The molecule has 5 heteroatoms. The van der Waals surface area contributed by atoms with E-state index in [1.54, 1.807) is 6.92 Å². The first-order valence-electron chi connectivity index (χ1n) is 13.1. The molecule has 0 saturated carbocycles. The molecule has 2 aromatic carbocycles. The highest BCUT2D eigenvalue weighted by molar-refractivity contribution is 6.74. The van der Waals surface area contributed by atoms with Crippen LogP contribution in [0.4, 0.5) is 0 Å². The smallest absolute Gasteiger partial charge is 0.192 e. The lowest BCUT2D eigenvalue weighted by atomic mass is 9.99. The number of hydrogen-bond donors (Lipinski definition) is 0. The monoisotopic (exact) mass is 522 g/mol. The van der Waals surface area contributed by atoms with Gasteiger partial charge in [-0.25, -0.2) is 0 Å². The third kappa shape index (κ3) is 10.2. The average Bonchev–Trinajstić information content (AvgIpc) is 2.83. The summed E-state index contributed by atoms with van der Waals surface area (Å²) in [6, 6.07) is 20.2. The lowest BCUT2D eigenvalue weighted by Crippen LogP contribution is -2.46. The van der Waals surface area contributed by atoms with E-state index in [-0.39, 0.29) is 23.0 Å². The molecule has 4 nitrogen and oxygen atoms in total. The summed E-state index contributed by atoms with van der Waals surface area (Å²) in [6.45, 7) is 21.8. The summed E-state index contributed by atoms with van der Waals surface area (Å²) >= 11 is 0. The van der Waals surface area contributed by atoms with E-state index in [1.807, 2.05) is 68.5 Å². The number of carbonyl (C=O) groups is 1. The standard InChI is InChI=1S/C32H46O4Si/c1-24(2)29(36-37(8,9)32(5,6)7)21-31(35-23-28-18-14-11-15-19-28)30(20-25(3)26(4)33)34-22-27-16-12-10-13-17-27/h10-20,29-31H,1,21-23H2,2-9H3/b25-20+/t29-,30-,31-/m0/s1. The summed E-state index contributed by atoms with van der Waals surface area (Å²) in [7, 11) is -2.07. The van der Waals surface area contributed by atoms with Gasteiger partial charge in [0.15, 0.2) is 14.1 Å². The Bertz CT molecular complexity index is 1020. The van der Waals surface area contributed by atoms with Crippen LogP contribution in [-0.2, 0) is 31.9 Å². The molecule has 0 bridgehead atoms. The first kappa shape index (κ1) is 30.9. The summed E-state index contributed by atoms with van der Waals surface area (Å²) in [5.41, 5.74) is 3.77. The molecule has 2 rings (SSSR count). The Morgan fingerprint density at radius 1 is 0.892 bits per heavy atom. The van der Waals surface area contributed by atoms with Crippen LogP contribution in [0.3, 0.4) is 0 Å². The highest BCUT2D eigenvalue weighted by Crippen LogP contribution is 2.39. The van der Waals surface area contributed by atoms with Crippen LogP contribution in [0.5, 0.6) is 0 Å². The summed E-state index contributed by atoms with van der Waals surface area (Å²) in [5.74, 6) is 0.0177. The molecular formula is C32H46O4Si. The van der Waals surface area contributed by atoms with Crippen molar-refractivity contribution in [1.29, 1.82) is 0 Å². The fourth-order valence-corrected chi connectivity index (χ4v) is 4.92. The van der Waals surface area contributed by atoms with Crippen molar-refractivity contribution in [3.8, 4) is 0 Å². The first-order valence-corrected chi connectivity index (χ1v) is 16.0. The van der Waals surface area contributed by atoms with E-state index in [9.17, 15) is 4.79 Å². The molecule has 0 aliphatic carbocycles. The van der Waals surface area contributed by atoms with Crippen LogP contribution in [0.25, 0.3) is 0 Å². The fraction of sp³-hybridized carbons (Fsp3) is 0.469. The molecule has 0 unspecified atom stereocenters. The van der Waals surface area contributed by atoms with Crippen LogP contribution in [0.15, 0.2) is 84.5 Å². The van der Waals surface area contributed by atoms with Gasteiger partial charge < -0.3 is 13.9 Å². The van der Waals surface area contributed by atoms with E-state index < -0.39 is 14.4 Å². The van der Waals surface area contributed by atoms with Gasteiger partial charge in [-0.05, 0) is 61.7 Å². The van der Waals surface area contributed by atoms with Crippen LogP contribution >= 0.6 is 0 Å². The molecule has 0 N–H and O–H groups in total. The Morgan fingerprint density at radius 2 is 1.38 bits per heavy atom. The van der Waals surface area contributed by atoms with Crippen LogP contribution in [-0.4, -0.2) is 32.4 Å². The Kier molecular flexibility index (Phi) is 11.7. The second kappa shape index (κ2) is 14.0. The molecule has 0 amide bonds. The maximum atomic E-state index is 12.2. The SMILES string of the molecule is C=C(C)[C@H](C[C@H](OCc1ccccc1)[C@H](/C=C(\C)C(C)=O)OCc1ccccc1)O[Si](C)(C)C(C)(C)C. The molecule has 0 aliphatic rings. The molecule has 0 radical (unpaired) electrons. The average molecular weight is 523 g/mol. The van der Waals surface area contributed by atoms with Gasteiger partial charge >= 0.3 is 0 Å². The number of ether oxygens (including phenoxy) is 2. The van der Waals surface area contributed by atoms with Crippen molar-refractivity contribution in [3.63, 3.8) is 0 Å². The van der Waals surface area contributed by atoms with Crippen molar-refractivity contribution in [1.82, 2.24) is 0 Å². The van der Waals surface area contributed by atoms with Gasteiger partial charge in [-0.15, -0.1) is 0 Å². The molecule has 0 heterocycles. The zero-order valence-electron chi connectivity index (χ0n) is 24.0. The second-order valence-corrected chi connectivity index (χ2v) is 16.2.